The molecule has 2 amide bonds. The minimum absolute atomic E-state index is 0.0189. The second kappa shape index (κ2) is 7.03. The summed E-state index contributed by atoms with van der Waals surface area (Å²) in [7, 11) is 0. The maximum atomic E-state index is 13.5. The summed E-state index contributed by atoms with van der Waals surface area (Å²) in [5, 5.41) is 2.51. The van der Waals surface area contributed by atoms with Gasteiger partial charge in [0.2, 0.25) is 5.91 Å². The molecule has 134 valence electrons. The number of nitrogens with one attached hydrogen (secondary N) is 1. The number of esters is 1. The molecule has 6 nitrogen and oxygen atoms in total. The molecular formula is C17H19FN2O4S. The molecule has 0 aromatic heterocycles. The van der Waals surface area contributed by atoms with E-state index in [0.29, 0.717) is 24.2 Å². The Balaban J connectivity index is 1.48. The molecular weight excluding hydrogens is 347 g/mol. The van der Waals surface area contributed by atoms with Gasteiger partial charge in [-0.2, -0.15) is 0 Å². The number of fused-ring (bicyclic) bond motifs is 1. The summed E-state index contributed by atoms with van der Waals surface area (Å²) in [5.74, 6) is -1.09. The number of hydrogen-bond acceptors (Lipinski definition) is 5. The Hall–Kier alpha value is -2.09. The SMILES string of the molecule is C[C@@]12CCC(=O)N1[C@@H](C(=O)OCC(=O)NCc1ccccc1F)CS2. The summed E-state index contributed by atoms with van der Waals surface area (Å²) < 4.78 is 18.5. The Morgan fingerprint density at radius 1 is 1.44 bits per heavy atom. The largest absolute Gasteiger partial charge is 0.454 e. The lowest BCUT2D eigenvalue weighted by Gasteiger charge is -2.29. The Labute approximate surface area is 149 Å². The van der Waals surface area contributed by atoms with E-state index in [2.05, 4.69) is 5.32 Å². The summed E-state index contributed by atoms with van der Waals surface area (Å²) in [6, 6.07) is 5.46. The first-order chi connectivity index (χ1) is 11.9. The number of amides is 2. The lowest BCUT2D eigenvalue weighted by atomic mass is 10.2. The summed E-state index contributed by atoms with van der Waals surface area (Å²) in [5.41, 5.74) is 0.354. The van der Waals surface area contributed by atoms with Crippen molar-refractivity contribution in [2.24, 2.45) is 0 Å². The van der Waals surface area contributed by atoms with E-state index in [9.17, 15) is 18.8 Å². The fourth-order valence-corrected chi connectivity index (χ4v) is 4.53. The number of nitrogens with zero attached hydrogens (tertiary/aromatic N) is 1. The molecule has 0 spiro atoms. The number of halogens is 1. The topological polar surface area (TPSA) is 75.7 Å². The normalized spacial score (nSPS) is 25.0. The van der Waals surface area contributed by atoms with Gasteiger partial charge in [0.1, 0.15) is 11.9 Å². The fraction of sp³-hybridized carbons (Fsp3) is 0.471. The number of hydrogen-bond donors (Lipinski definition) is 1. The van der Waals surface area contributed by atoms with Gasteiger partial charge in [-0.15, -0.1) is 11.8 Å². The van der Waals surface area contributed by atoms with Gasteiger partial charge >= 0.3 is 5.97 Å². The van der Waals surface area contributed by atoms with Crippen LogP contribution < -0.4 is 5.32 Å². The fourth-order valence-electron chi connectivity index (χ4n) is 3.11. The zero-order valence-corrected chi connectivity index (χ0v) is 14.6. The molecule has 0 aliphatic carbocycles. The van der Waals surface area contributed by atoms with E-state index >= 15 is 0 Å². The quantitative estimate of drug-likeness (QED) is 0.798. The Morgan fingerprint density at radius 3 is 2.96 bits per heavy atom. The van der Waals surface area contributed by atoms with Crippen LogP contribution in [0.5, 0.6) is 0 Å². The Bertz CT molecular complexity index is 714. The molecule has 2 aliphatic heterocycles. The van der Waals surface area contributed by atoms with Gasteiger partial charge in [0.15, 0.2) is 6.61 Å². The van der Waals surface area contributed by atoms with Gasteiger partial charge in [0.25, 0.3) is 5.91 Å². The van der Waals surface area contributed by atoms with Crippen LogP contribution in [0.25, 0.3) is 0 Å². The molecule has 1 aromatic carbocycles. The summed E-state index contributed by atoms with van der Waals surface area (Å²) in [4.78, 5) is 37.3. The van der Waals surface area contributed by atoms with E-state index in [1.807, 2.05) is 6.92 Å². The van der Waals surface area contributed by atoms with Crippen LogP contribution in [0, 0.1) is 5.82 Å². The molecule has 2 aliphatic rings. The van der Waals surface area contributed by atoms with E-state index in [1.165, 1.54) is 6.07 Å². The zero-order valence-electron chi connectivity index (χ0n) is 13.8. The minimum atomic E-state index is -0.649. The van der Waals surface area contributed by atoms with Gasteiger partial charge in [-0.05, 0) is 19.4 Å². The molecule has 3 rings (SSSR count). The highest BCUT2D eigenvalue weighted by Gasteiger charge is 2.53. The number of benzene rings is 1. The molecule has 2 heterocycles. The van der Waals surface area contributed by atoms with Crippen LogP contribution in [0.1, 0.15) is 25.3 Å². The molecule has 2 atom stereocenters. The van der Waals surface area contributed by atoms with Crippen molar-refractivity contribution in [3.8, 4) is 0 Å². The Kier molecular flexibility index (Phi) is 4.99. The van der Waals surface area contributed by atoms with Gasteiger partial charge in [-0.1, -0.05) is 18.2 Å². The molecule has 25 heavy (non-hydrogen) atoms. The number of ether oxygens (including phenoxy) is 1. The number of rotatable bonds is 5. The van der Waals surface area contributed by atoms with Crippen LogP contribution in [0.2, 0.25) is 0 Å². The van der Waals surface area contributed by atoms with Crippen LogP contribution in [0.3, 0.4) is 0 Å². The van der Waals surface area contributed by atoms with Crippen molar-refractivity contribution in [1.82, 2.24) is 10.2 Å². The van der Waals surface area contributed by atoms with Crippen molar-refractivity contribution in [3.63, 3.8) is 0 Å². The highest BCUT2D eigenvalue weighted by atomic mass is 32.2. The van der Waals surface area contributed by atoms with Gasteiger partial charge in [-0.25, -0.2) is 9.18 Å². The third-order valence-corrected chi connectivity index (χ3v) is 6.00. The van der Waals surface area contributed by atoms with Crippen molar-refractivity contribution in [2.45, 2.75) is 37.2 Å². The molecule has 0 saturated carbocycles. The Morgan fingerprint density at radius 2 is 2.20 bits per heavy atom. The summed E-state index contributed by atoms with van der Waals surface area (Å²) in [6.45, 7) is 1.51. The first-order valence-corrected chi connectivity index (χ1v) is 9.02. The molecule has 0 bridgehead atoms. The van der Waals surface area contributed by atoms with Crippen LogP contribution in [-0.2, 0) is 25.7 Å². The molecule has 1 aromatic rings. The number of carbonyl (C=O) groups is 3. The molecule has 8 heteroatoms. The predicted octanol–water partition coefficient (Wildman–Crippen LogP) is 1.44. The smallest absolute Gasteiger partial charge is 0.330 e. The number of thioether (sulfide) groups is 1. The second-order valence-electron chi connectivity index (χ2n) is 6.24. The third-order valence-electron chi connectivity index (χ3n) is 4.50. The number of carbonyl (C=O) groups excluding carboxylic acids is 3. The average Bonchev–Trinajstić information content (AvgIpc) is 3.08. The standard InChI is InChI=1S/C17H19FN2O4S/c1-17-7-6-15(22)20(17)13(10-25-17)16(23)24-9-14(21)19-8-11-4-2-3-5-12(11)18/h2-5,13H,6-10H2,1H3,(H,19,21)/t13-,17-/m1/s1. The van der Waals surface area contributed by atoms with Crippen molar-refractivity contribution in [2.75, 3.05) is 12.4 Å². The maximum absolute atomic E-state index is 13.5. The van der Waals surface area contributed by atoms with Crippen LogP contribution in [0.15, 0.2) is 24.3 Å². The van der Waals surface area contributed by atoms with E-state index in [-0.39, 0.29) is 17.3 Å². The monoisotopic (exact) mass is 366 g/mol. The first kappa shape index (κ1) is 17.7. The van der Waals surface area contributed by atoms with Gasteiger partial charge in [-0.3, -0.25) is 9.59 Å². The highest BCUT2D eigenvalue weighted by molar-refractivity contribution is 8.01. The zero-order chi connectivity index (χ0) is 18.0. The highest BCUT2D eigenvalue weighted by Crippen LogP contribution is 2.47. The van der Waals surface area contributed by atoms with Gasteiger partial charge < -0.3 is 15.0 Å². The van der Waals surface area contributed by atoms with Gasteiger partial charge in [0, 0.05) is 24.3 Å². The first-order valence-electron chi connectivity index (χ1n) is 8.03. The second-order valence-corrected chi connectivity index (χ2v) is 7.74. The van der Waals surface area contributed by atoms with Crippen molar-refractivity contribution < 1.29 is 23.5 Å². The predicted molar refractivity (Wildman–Crippen MR) is 89.9 cm³/mol. The molecule has 0 unspecified atom stereocenters. The average molecular weight is 366 g/mol. The third kappa shape index (κ3) is 3.63. The van der Waals surface area contributed by atoms with E-state index < -0.39 is 30.3 Å². The summed E-state index contributed by atoms with van der Waals surface area (Å²) >= 11 is 1.56. The minimum Gasteiger partial charge on any atom is -0.454 e. The van der Waals surface area contributed by atoms with E-state index in [4.69, 9.17) is 4.74 Å². The maximum Gasteiger partial charge on any atom is 0.330 e. The van der Waals surface area contributed by atoms with Gasteiger partial charge in [0.05, 0.1) is 4.87 Å². The van der Waals surface area contributed by atoms with Crippen molar-refractivity contribution in [3.05, 3.63) is 35.6 Å². The lowest BCUT2D eigenvalue weighted by Crippen LogP contribution is -2.47. The molecule has 2 saturated heterocycles. The van der Waals surface area contributed by atoms with E-state index in [1.54, 1.807) is 34.9 Å². The lowest BCUT2D eigenvalue weighted by molar-refractivity contribution is -0.156. The van der Waals surface area contributed by atoms with E-state index in [0.717, 1.165) is 0 Å². The van der Waals surface area contributed by atoms with Crippen LogP contribution in [0.4, 0.5) is 4.39 Å². The van der Waals surface area contributed by atoms with Crippen molar-refractivity contribution in [1.29, 1.82) is 0 Å². The molecule has 1 N–H and O–H groups in total. The van der Waals surface area contributed by atoms with Crippen molar-refractivity contribution >= 4 is 29.5 Å². The molecule has 0 radical (unpaired) electrons. The van der Waals surface area contributed by atoms with Crippen LogP contribution in [-0.4, -0.2) is 46.0 Å². The van der Waals surface area contributed by atoms with Crippen LogP contribution >= 0.6 is 11.8 Å². The molecule has 2 fully saturated rings. The summed E-state index contributed by atoms with van der Waals surface area (Å²) in [6.07, 6.45) is 1.14.